The summed E-state index contributed by atoms with van der Waals surface area (Å²) in [5, 5.41) is 9.55. The van der Waals surface area contributed by atoms with Crippen LogP contribution in [0.4, 0.5) is 0 Å². The lowest BCUT2D eigenvalue weighted by Gasteiger charge is -2.08. The van der Waals surface area contributed by atoms with E-state index in [1.54, 1.807) is 13.0 Å². The van der Waals surface area contributed by atoms with E-state index in [9.17, 15) is 9.90 Å². The Morgan fingerprint density at radius 2 is 2.38 bits per heavy atom. The minimum absolute atomic E-state index is 0.0302. The summed E-state index contributed by atoms with van der Waals surface area (Å²) < 4.78 is 4.89. The van der Waals surface area contributed by atoms with Crippen molar-refractivity contribution < 1.29 is 14.6 Å². The van der Waals surface area contributed by atoms with E-state index in [1.165, 1.54) is 0 Å². The predicted octanol–water partition coefficient (Wildman–Crippen LogP) is 1.88. The highest BCUT2D eigenvalue weighted by Gasteiger charge is 2.33. The van der Waals surface area contributed by atoms with E-state index in [0.717, 1.165) is 0 Å². The third-order valence-corrected chi connectivity index (χ3v) is 1.82. The van der Waals surface area contributed by atoms with E-state index in [1.807, 2.05) is 0 Å². The zero-order valence-corrected chi connectivity index (χ0v) is 7.54. The molecule has 0 saturated heterocycles. The maximum atomic E-state index is 11.2. The number of aliphatic hydroxyl groups is 1. The van der Waals surface area contributed by atoms with E-state index < -0.39 is 12.1 Å². The Hall–Kier alpha value is -1.51. The number of ether oxygens (including phenoxy) is 1. The Kier molecular flexibility index (Phi) is 2.56. The van der Waals surface area contributed by atoms with Crippen LogP contribution in [0.25, 0.3) is 0 Å². The van der Waals surface area contributed by atoms with E-state index in [-0.39, 0.29) is 11.3 Å². The summed E-state index contributed by atoms with van der Waals surface area (Å²) in [6.07, 6.45) is 1.21. The number of hydrogen-bond acceptors (Lipinski definition) is 3. The maximum Gasteiger partial charge on any atom is 0.338 e. The Morgan fingerprint density at radius 1 is 1.77 bits per heavy atom. The standard InChI is InChI=1S/C10H12O3/c1-4-5-7-8(11)9(6(2)3)13-10(7)12/h4,9,11H,1-2,5H2,3H3/t9-/m0/s1. The van der Waals surface area contributed by atoms with Crippen LogP contribution in [0.15, 0.2) is 36.1 Å². The lowest BCUT2D eigenvalue weighted by Crippen LogP contribution is -2.11. The van der Waals surface area contributed by atoms with Gasteiger partial charge in [-0.05, 0) is 12.5 Å². The third kappa shape index (κ3) is 1.64. The zero-order chi connectivity index (χ0) is 10.0. The fourth-order valence-electron chi connectivity index (χ4n) is 1.16. The molecule has 3 nitrogen and oxygen atoms in total. The number of allylic oxidation sites excluding steroid dienone is 1. The highest BCUT2D eigenvalue weighted by atomic mass is 16.6. The van der Waals surface area contributed by atoms with E-state index in [4.69, 9.17) is 4.74 Å². The van der Waals surface area contributed by atoms with E-state index in [0.29, 0.717) is 12.0 Å². The van der Waals surface area contributed by atoms with Gasteiger partial charge in [-0.2, -0.15) is 0 Å². The molecule has 70 valence electrons. The number of aliphatic hydroxyl groups excluding tert-OH is 1. The van der Waals surface area contributed by atoms with Crippen molar-refractivity contribution in [3.63, 3.8) is 0 Å². The summed E-state index contributed by atoms with van der Waals surface area (Å²) in [5.41, 5.74) is 0.896. The Labute approximate surface area is 77.0 Å². The summed E-state index contributed by atoms with van der Waals surface area (Å²) in [4.78, 5) is 11.2. The smallest absolute Gasteiger partial charge is 0.338 e. The van der Waals surface area contributed by atoms with Gasteiger partial charge in [0.05, 0.1) is 5.57 Å². The summed E-state index contributed by atoms with van der Waals surface area (Å²) in [6, 6.07) is 0. The monoisotopic (exact) mass is 180 g/mol. The first-order valence-electron chi connectivity index (χ1n) is 3.97. The summed E-state index contributed by atoms with van der Waals surface area (Å²) in [6.45, 7) is 8.81. The van der Waals surface area contributed by atoms with Gasteiger partial charge in [0.15, 0.2) is 6.10 Å². The van der Waals surface area contributed by atoms with Crippen molar-refractivity contribution in [1.82, 2.24) is 0 Å². The van der Waals surface area contributed by atoms with Crippen molar-refractivity contribution >= 4 is 5.97 Å². The largest absolute Gasteiger partial charge is 0.507 e. The van der Waals surface area contributed by atoms with Gasteiger partial charge in [0, 0.05) is 6.42 Å². The third-order valence-electron chi connectivity index (χ3n) is 1.82. The van der Waals surface area contributed by atoms with E-state index in [2.05, 4.69) is 13.2 Å². The van der Waals surface area contributed by atoms with Gasteiger partial charge in [0.25, 0.3) is 0 Å². The minimum atomic E-state index is -0.664. The number of carbonyl (C=O) groups excluding carboxylic acids is 1. The lowest BCUT2D eigenvalue weighted by atomic mass is 10.1. The molecule has 0 radical (unpaired) electrons. The molecule has 1 aliphatic rings. The molecule has 0 saturated carbocycles. The Balaban J connectivity index is 2.95. The van der Waals surface area contributed by atoms with Crippen molar-refractivity contribution in [3.8, 4) is 0 Å². The van der Waals surface area contributed by atoms with Gasteiger partial charge in [0.2, 0.25) is 0 Å². The van der Waals surface area contributed by atoms with Crippen molar-refractivity contribution in [3.05, 3.63) is 36.1 Å². The van der Waals surface area contributed by atoms with Gasteiger partial charge in [-0.3, -0.25) is 0 Å². The fraction of sp³-hybridized carbons (Fsp3) is 0.300. The molecule has 1 atom stereocenters. The molecule has 0 spiro atoms. The van der Waals surface area contributed by atoms with E-state index >= 15 is 0 Å². The molecule has 0 aromatic heterocycles. The first-order chi connectivity index (χ1) is 6.07. The van der Waals surface area contributed by atoms with Crippen molar-refractivity contribution in [1.29, 1.82) is 0 Å². The van der Waals surface area contributed by atoms with Crippen LogP contribution >= 0.6 is 0 Å². The van der Waals surface area contributed by atoms with Crippen molar-refractivity contribution in [2.45, 2.75) is 19.4 Å². The molecule has 0 fully saturated rings. The first kappa shape index (κ1) is 9.58. The molecular weight excluding hydrogens is 168 g/mol. The molecule has 0 bridgehead atoms. The van der Waals surface area contributed by atoms with Crippen LogP contribution in [0.3, 0.4) is 0 Å². The highest BCUT2D eigenvalue weighted by Crippen LogP contribution is 2.26. The molecule has 0 aliphatic carbocycles. The van der Waals surface area contributed by atoms with Crippen LogP contribution in [-0.4, -0.2) is 17.2 Å². The second-order valence-electron chi connectivity index (χ2n) is 2.99. The topological polar surface area (TPSA) is 46.5 Å². The predicted molar refractivity (Wildman–Crippen MR) is 49.2 cm³/mol. The van der Waals surface area contributed by atoms with Gasteiger partial charge in [-0.1, -0.05) is 12.7 Å². The molecule has 1 heterocycles. The highest BCUT2D eigenvalue weighted by molar-refractivity contribution is 5.92. The van der Waals surface area contributed by atoms with Gasteiger partial charge in [-0.25, -0.2) is 4.79 Å². The van der Waals surface area contributed by atoms with Gasteiger partial charge in [-0.15, -0.1) is 6.58 Å². The van der Waals surface area contributed by atoms with Gasteiger partial charge < -0.3 is 9.84 Å². The molecule has 0 aromatic carbocycles. The molecule has 13 heavy (non-hydrogen) atoms. The second kappa shape index (κ2) is 3.47. The second-order valence-corrected chi connectivity index (χ2v) is 2.99. The molecule has 1 rings (SSSR count). The molecule has 1 aliphatic heterocycles. The molecule has 0 amide bonds. The van der Waals surface area contributed by atoms with Crippen molar-refractivity contribution in [2.24, 2.45) is 0 Å². The molecule has 0 aromatic rings. The number of cyclic esters (lactones) is 1. The van der Waals surface area contributed by atoms with Crippen LogP contribution < -0.4 is 0 Å². The average molecular weight is 180 g/mol. The van der Waals surface area contributed by atoms with Gasteiger partial charge >= 0.3 is 5.97 Å². The van der Waals surface area contributed by atoms with Gasteiger partial charge in [0.1, 0.15) is 5.76 Å². The Morgan fingerprint density at radius 3 is 2.77 bits per heavy atom. The maximum absolute atomic E-state index is 11.2. The average Bonchev–Trinajstić information content (AvgIpc) is 2.32. The Bertz CT molecular complexity index is 299. The summed E-state index contributed by atoms with van der Waals surface area (Å²) in [7, 11) is 0. The van der Waals surface area contributed by atoms with Crippen LogP contribution in [0.1, 0.15) is 13.3 Å². The minimum Gasteiger partial charge on any atom is -0.507 e. The first-order valence-corrected chi connectivity index (χ1v) is 3.97. The zero-order valence-electron chi connectivity index (χ0n) is 7.54. The van der Waals surface area contributed by atoms with Crippen LogP contribution in [-0.2, 0) is 9.53 Å². The van der Waals surface area contributed by atoms with Crippen LogP contribution in [0, 0.1) is 0 Å². The number of hydrogen-bond donors (Lipinski definition) is 1. The quantitative estimate of drug-likeness (QED) is 0.532. The number of carbonyl (C=O) groups is 1. The molecular formula is C10H12O3. The summed E-state index contributed by atoms with van der Waals surface area (Å²) in [5.74, 6) is -0.511. The van der Waals surface area contributed by atoms with Crippen LogP contribution in [0.5, 0.6) is 0 Å². The normalized spacial score (nSPS) is 21.6. The number of esters is 1. The lowest BCUT2D eigenvalue weighted by molar-refractivity contribution is -0.138. The molecule has 3 heteroatoms. The SMILES string of the molecule is C=CCC1=C(O)[C@H](C(=C)C)OC1=O. The van der Waals surface area contributed by atoms with Crippen molar-refractivity contribution in [2.75, 3.05) is 0 Å². The number of rotatable bonds is 3. The summed E-state index contributed by atoms with van der Waals surface area (Å²) >= 11 is 0. The molecule has 0 unspecified atom stereocenters. The fourth-order valence-corrected chi connectivity index (χ4v) is 1.16. The molecule has 1 N–H and O–H groups in total. The van der Waals surface area contributed by atoms with Crippen LogP contribution in [0.2, 0.25) is 0 Å².